The minimum absolute atomic E-state index is 0.0478. The van der Waals surface area contributed by atoms with Crippen LogP contribution in [0.2, 0.25) is 0 Å². The van der Waals surface area contributed by atoms with Crippen LogP contribution >= 0.6 is 0 Å². The summed E-state index contributed by atoms with van der Waals surface area (Å²) in [5.41, 5.74) is 3.80. The molecule has 3 fully saturated rings. The lowest BCUT2D eigenvalue weighted by Gasteiger charge is -2.48. The van der Waals surface area contributed by atoms with Crippen LogP contribution in [0.4, 0.5) is 4.39 Å². The van der Waals surface area contributed by atoms with E-state index >= 15 is 0 Å². The molecule has 4 atom stereocenters. The third kappa shape index (κ3) is 3.34. The minimum atomic E-state index is -0.315. The van der Waals surface area contributed by atoms with Crippen molar-refractivity contribution in [3.63, 3.8) is 0 Å². The minimum Gasteiger partial charge on any atom is -0.495 e. The second kappa shape index (κ2) is 7.97. The first-order valence-corrected chi connectivity index (χ1v) is 12.3. The second-order valence-electron chi connectivity index (χ2n) is 10.2. The molecule has 0 bridgehead atoms. The summed E-state index contributed by atoms with van der Waals surface area (Å²) in [5, 5.41) is 0. The summed E-state index contributed by atoms with van der Waals surface area (Å²) in [5.74, 6) is 1.06. The monoisotopic (exact) mass is 459 g/mol. The van der Waals surface area contributed by atoms with Gasteiger partial charge in [0, 0.05) is 12.2 Å². The summed E-state index contributed by atoms with van der Waals surface area (Å²) in [6, 6.07) is 13.4. The first kappa shape index (κ1) is 21.4. The molecule has 0 N–H and O–H groups in total. The van der Waals surface area contributed by atoms with E-state index in [9.17, 15) is 9.18 Å². The van der Waals surface area contributed by atoms with Crippen molar-refractivity contribution in [1.29, 1.82) is 0 Å². The van der Waals surface area contributed by atoms with Crippen LogP contribution in [0.25, 0.3) is 5.69 Å². The summed E-state index contributed by atoms with van der Waals surface area (Å²) in [4.78, 5) is 20.5. The van der Waals surface area contributed by atoms with Crippen LogP contribution in [0, 0.1) is 18.2 Å². The zero-order valence-electron chi connectivity index (χ0n) is 19.7. The van der Waals surface area contributed by atoms with Gasteiger partial charge >= 0.3 is 0 Å². The quantitative estimate of drug-likeness (QED) is 0.501. The van der Waals surface area contributed by atoms with Crippen LogP contribution in [0.1, 0.15) is 67.3 Å². The molecule has 1 spiro atoms. The summed E-state index contributed by atoms with van der Waals surface area (Å²) in [6.07, 6.45) is 9.77. The molecule has 2 aromatic carbocycles. The number of halogens is 1. The third-order valence-electron chi connectivity index (χ3n) is 8.25. The molecule has 4 unspecified atom stereocenters. The highest BCUT2D eigenvalue weighted by molar-refractivity contribution is 5.89. The number of methoxy groups -OCH3 is 1. The number of carbonyl (C=O) groups excluding carboxylic acids is 1. The zero-order valence-corrected chi connectivity index (χ0v) is 19.7. The van der Waals surface area contributed by atoms with Gasteiger partial charge in [-0.1, -0.05) is 18.2 Å². The van der Waals surface area contributed by atoms with Gasteiger partial charge in [-0.15, -0.1) is 0 Å². The first-order chi connectivity index (χ1) is 16.5. The highest BCUT2D eigenvalue weighted by Gasteiger charge is 2.64. The number of ether oxygens (including phenoxy) is 1. The van der Waals surface area contributed by atoms with Gasteiger partial charge in [0.05, 0.1) is 36.3 Å². The van der Waals surface area contributed by atoms with Crippen LogP contribution in [-0.4, -0.2) is 33.5 Å². The van der Waals surface area contributed by atoms with Gasteiger partial charge in [0.1, 0.15) is 11.6 Å². The van der Waals surface area contributed by atoms with E-state index in [1.54, 1.807) is 13.4 Å². The number of hydrogen-bond acceptors (Lipinski definition) is 3. The Morgan fingerprint density at radius 2 is 1.88 bits per heavy atom. The number of aryl methyl sites for hydroxylation is 1. The van der Waals surface area contributed by atoms with Crippen molar-refractivity contribution in [3.8, 4) is 11.4 Å². The Bertz CT molecular complexity index is 1240. The number of aromatic nitrogens is 2. The largest absolute Gasteiger partial charge is 0.495 e. The Morgan fingerprint density at radius 1 is 1.09 bits per heavy atom. The predicted octanol–water partition coefficient (Wildman–Crippen LogP) is 5.72. The Labute approximate surface area is 199 Å². The first-order valence-electron chi connectivity index (χ1n) is 12.3. The molecule has 3 heterocycles. The number of carbonyl (C=O) groups is 1. The fraction of sp³-hybridized carbons (Fsp3) is 0.429. The van der Waals surface area contributed by atoms with Gasteiger partial charge in [-0.05, 0) is 86.8 Å². The lowest BCUT2D eigenvalue weighted by atomic mass is 9.79. The maximum absolute atomic E-state index is 14.0. The molecule has 0 radical (unpaired) electrons. The van der Waals surface area contributed by atoms with E-state index in [2.05, 4.69) is 28.1 Å². The van der Waals surface area contributed by atoms with Gasteiger partial charge in [0.2, 0.25) is 5.91 Å². The van der Waals surface area contributed by atoms with E-state index in [1.165, 1.54) is 17.7 Å². The molecule has 5 nitrogen and oxygen atoms in total. The Balaban J connectivity index is 1.29. The topological polar surface area (TPSA) is 47.4 Å². The molecule has 6 rings (SSSR count). The highest BCUT2D eigenvalue weighted by Crippen LogP contribution is 2.66. The zero-order chi connectivity index (χ0) is 23.4. The van der Waals surface area contributed by atoms with Crippen LogP contribution in [0.3, 0.4) is 0 Å². The molecular weight excluding hydrogens is 429 g/mol. The van der Waals surface area contributed by atoms with Gasteiger partial charge in [0.15, 0.2) is 0 Å². The maximum Gasteiger partial charge on any atom is 0.230 e. The van der Waals surface area contributed by atoms with E-state index in [4.69, 9.17) is 4.74 Å². The smallest absolute Gasteiger partial charge is 0.230 e. The van der Waals surface area contributed by atoms with E-state index < -0.39 is 0 Å². The van der Waals surface area contributed by atoms with Crippen molar-refractivity contribution in [2.24, 2.45) is 5.41 Å². The number of piperidine rings is 2. The highest BCUT2D eigenvalue weighted by atomic mass is 19.1. The van der Waals surface area contributed by atoms with Gasteiger partial charge in [-0.2, -0.15) is 0 Å². The number of hydrogen-bond donors (Lipinski definition) is 0. The van der Waals surface area contributed by atoms with Crippen LogP contribution in [0.5, 0.6) is 5.75 Å². The molecule has 1 amide bonds. The van der Waals surface area contributed by atoms with Gasteiger partial charge in [-0.3, -0.25) is 4.79 Å². The molecule has 1 saturated carbocycles. The second-order valence-corrected chi connectivity index (χ2v) is 10.2. The summed E-state index contributed by atoms with van der Waals surface area (Å²) in [6.45, 7) is 1.97. The normalized spacial score (nSPS) is 28.1. The molecule has 1 aromatic heterocycles. The summed E-state index contributed by atoms with van der Waals surface area (Å²) in [7, 11) is 1.69. The average Bonchev–Trinajstić information content (AvgIpc) is 3.43. The van der Waals surface area contributed by atoms with Gasteiger partial charge in [0.25, 0.3) is 0 Å². The molecule has 3 aromatic rings. The number of nitrogens with zero attached hydrogens (tertiary/aromatic N) is 3. The molecule has 3 aliphatic rings. The fourth-order valence-electron chi connectivity index (χ4n) is 6.40. The van der Waals surface area contributed by atoms with Crippen molar-refractivity contribution < 1.29 is 13.9 Å². The maximum atomic E-state index is 14.0. The van der Waals surface area contributed by atoms with Crippen molar-refractivity contribution in [1.82, 2.24) is 14.5 Å². The molecule has 6 heteroatoms. The molecule has 34 heavy (non-hydrogen) atoms. The van der Waals surface area contributed by atoms with Crippen LogP contribution < -0.4 is 4.74 Å². The molecule has 2 aliphatic heterocycles. The van der Waals surface area contributed by atoms with E-state index in [-0.39, 0.29) is 29.1 Å². The van der Waals surface area contributed by atoms with Crippen LogP contribution in [0.15, 0.2) is 55.0 Å². The van der Waals surface area contributed by atoms with Crippen molar-refractivity contribution in [3.05, 3.63) is 77.6 Å². The summed E-state index contributed by atoms with van der Waals surface area (Å²) >= 11 is 0. The number of fused-ring (bicyclic) bond motifs is 1. The Hall–Kier alpha value is -3.15. The Morgan fingerprint density at radius 3 is 2.62 bits per heavy atom. The van der Waals surface area contributed by atoms with Gasteiger partial charge in [-0.25, -0.2) is 9.37 Å². The lowest BCUT2D eigenvalue weighted by Crippen LogP contribution is -2.52. The molecular formula is C28H30FN3O2. The standard InChI is InChI=1S/C28H30FN3O2/c1-18-16-31(17-30-18)25-11-8-20(14-26(25)34-2)23-15-28(23)13-12-22-4-3-5-24(32(22)27(28)33)19-6-9-21(29)10-7-19/h6-11,14,16-17,22-24H,3-5,12-13,15H2,1-2H3. The molecule has 2 saturated heterocycles. The Kier molecular flexibility index (Phi) is 5.01. The summed E-state index contributed by atoms with van der Waals surface area (Å²) < 4.78 is 21.2. The van der Waals surface area contributed by atoms with Crippen molar-refractivity contribution >= 4 is 5.91 Å². The van der Waals surface area contributed by atoms with E-state index in [0.29, 0.717) is 6.04 Å². The predicted molar refractivity (Wildman–Crippen MR) is 128 cm³/mol. The van der Waals surface area contributed by atoms with Gasteiger partial charge < -0.3 is 14.2 Å². The fourth-order valence-corrected chi connectivity index (χ4v) is 6.40. The number of amides is 1. The van der Waals surface area contributed by atoms with E-state index in [1.807, 2.05) is 29.8 Å². The molecule has 1 aliphatic carbocycles. The SMILES string of the molecule is COc1cc(C2CC23CCC2CCCC(c4ccc(F)cc4)N2C3=O)ccc1-n1cnc(C)c1. The van der Waals surface area contributed by atoms with Crippen molar-refractivity contribution in [2.75, 3.05) is 7.11 Å². The van der Waals surface area contributed by atoms with E-state index in [0.717, 1.165) is 61.2 Å². The average molecular weight is 460 g/mol. The van der Waals surface area contributed by atoms with Crippen LogP contribution in [-0.2, 0) is 4.79 Å². The number of rotatable bonds is 4. The lowest BCUT2D eigenvalue weighted by molar-refractivity contribution is -0.150. The number of benzene rings is 2. The number of imidazole rings is 1. The molecule has 176 valence electrons. The van der Waals surface area contributed by atoms with Crippen molar-refractivity contribution in [2.45, 2.75) is 63.5 Å². The third-order valence-corrected chi connectivity index (χ3v) is 8.25.